The molecule has 0 saturated carbocycles. The van der Waals surface area contributed by atoms with Crippen LogP contribution in [0.4, 0.5) is 13.2 Å². The number of ether oxygens (including phenoxy) is 1. The first kappa shape index (κ1) is 20.6. The molecular formula is C21H20F3N3O2S. The highest BCUT2D eigenvalue weighted by Gasteiger charge is 2.34. The quantitative estimate of drug-likeness (QED) is 0.572. The number of H-pyrrole nitrogens is 1. The van der Waals surface area contributed by atoms with Crippen molar-refractivity contribution in [3.05, 3.63) is 53.9 Å². The van der Waals surface area contributed by atoms with Gasteiger partial charge in [0.15, 0.2) is 0 Å². The Hall–Kier alpha value is -2.68. The average molecular weight is 435 g/mol. The monoisotopic (exact) mass is 435 g/mol. The molecule has 1 saturated heterocycles. The highest BCUT2D eigenvalue weighted by atomic mass is 32.2. The second-order valence-corrected chi connectivity index (χ2v) is 8.18. The van der Waals surface area contributed by atoms with Crippen LogP contribution < -0.4 is 4.74 Å². The zero-order valence-corrected chi connectivity index (χ0v) is 17.0. The summed E-state index contributed by atoms with van der Waals surface area (Å²) in [7, 11) is 1.63. The lowest BCUT2D eigenvalue weighted by Gasteiger charge is -2.32. The molecular weight excluding hydrogens is 415 g/mol. The van der Waals surface area contributed by atoms with E-state index in [9.17, 15) is 18.0 Å². The maximum Gasteiger partial charge on any atom is 0.447 e. The molecule has 30 heavy (non-hydrogen) atoms. The molecule has 5 nitrogen and oxygen atoms in total. The SMILES string of the molecule is COc1ccc2[nH]cc(C3CCN(C(=O)c4cccnc4SC(F)(F)F)CC3)c2c1. The Morgan fingerprint density at radius 1 is 1.27 bits per heavy atom. The molecule has 1 aliphatic rings. The Morgan fingerprint density at radius 3 is 2.73 bits per heavy atom. The molecule has 3 heterocycles. The summed E-state index contributed by atoms with van der Waals surface area (Å²) in [5, 5.41) is 0.788. The molecule has 1 fully saturated rings. The number of thioether (sulfide) groups is 1. The maximum absolute atomic E-state index is 12.9. The molecule has 158 valence electrons. The molecule has 1 N–H and O–H groups in total. The topological polar surface area (TPSA) is 58.2 Å². The van der Waals surface area contributed by atoms with Gasteiger partial charge in [-0.1, -0.05) is 0 Å². The molecule has 0 unspecified atom stereocenters. The number of alkyl halides is 3. The fourth-order valence-electron chi connectivity index (χ4n) is 3.89. The predicted octanol–water partition coefficient (Wildman–Crippen LogP) is 5.20. The summed E-state index contributed by atoms with van der Waals surface area (Å²) in [5.41, 5.74) is -2.30. The lowest BCUT2D eigenvalue weighted by Crippen LogP contribution is -2.38. The van der Waals surface area contributed by atoms with Gasteiger partial charge in [-0.15, -0.1) is 0 Å². The number of aromatic nitrogens is 2. The Bertz CT molecular complexity index is 1060. The smallest absolute Gasteiger partial charge is 0.447 e. The van der Waals surface area contributed by atoms with Gasteiger partial charge in [-0.05, 0) is 54.7 Å². The van der Waals surface area contributed by atoms with Crippen LogP contribution in [0, 0.1) is 0 Å². The highest BCUT2D eigenvalue weighted by molar-refractivity contribution is 8.00. The van der Waals surface area contributed by atoms with Crippen LogP contribution in [0.2, 0.25) is 0 Å². The summed E-state index contributed by atoms with van der Waals surface area (Å²) in [6, 6.07) is 8.75. The third-order valence-electron chi connectivity index (χ3n) is 5.36. The number of aromatic amines is 1. The number of carbonyl (C=O) groups excluding carboxylic acids is 1. The number of methoxy groups -OCH3 is 1. The summed E-state index contributed by atoms with van der Waals surface area (Å²) in [5.74, 6) is 0.629. The van der Waals surface area contributed by atoms with E-state index in [2.05, 4.69) is 9.97 Å². The van der Waals surface area contributed by atoms with Crippen LogP contribution >= 0.6 is 11.8 Å². The second kappa shape index (κ2) is 8.22. The third kappa shape index (κ3) is 4.26. The summed E-state index contributed by atoms with van der Waals surface area (Å²) < 4.78 is 43.7. The van der Waals surface area contributed by atoms with Gasteiger partial charge in [-0.2, -0.15) is 13.2 Å². The van der Waals surface area contributed by atoms with Crippen molar-refractivity contribution in [2.45, 2.75) is 29.3 Å². The number of piperidine rings is 1. The van der Waals surface area contributed by atoms with E-state index < -0.39 is 11.4 Å². The largest absolute Gasteiger partial charge is 0.497 e. The number of amides is 1. The molecule has 0 aliphatic carbocycles. The van der Waals surface area contributed by atoms with E-state index in [1.807, 2.05) is 24.4 Å². The minimum absolute atomic E-state index is 0.00453. The van der Waals surface area contributed by atoms with E-state index in [-0.39, 0.29) is 28.3 Å². The zero-order chi connectivity index (χ0) is 21.3. The molecule has 4 rings (SSSR count). The fourth-order valence-corrected chi connectivity index (χ4v) is 4.49. The Kier molecular flexibility index (Phi) is 5.64. The van der Waals surface area contributed by atoms with Crippen LogP contribution in [-0.4, -0.2) is 46.5 Å². The minimum atomic E-state index is -4.49. The van der Waals surface area contributed by atoms with Gasteiger partial charge in [0.25, 0.3) is 5.91 Å². The fraction of sp³-hybridized carbons (Fsp3) is 0.333. The molecule has 2 aromatic heterocycles. The highest BCUT2D eigenvalue weighted by Crippen LogP contribution is 2.38. The van der Waals surface area contributed by atoms with Crippen molar-refractivity contribution in [3.63, 3.8) is 0 Å². The lowest BCUT2D eigenvalue weighted by molar-refractivity contribution is -0.0329. The van der Waals surface area contributed by atoms with Crippen LogP contribution in [0.25, 0.3) is 10.9 Å². The first-order valence-corrected chi connectivity index (χ1v) is 10.3. The normalized spacial score (nSPS) is 15.5. The average Bonchev–Trinajstić information content (AvgIpc) is 3.16. The van der Waals surface area contributed by atoms with Crippen molar-refractivity contribution in [3.8, 4) is 5.75 Å². The van der Waals surface area contributed by atoms with Crippen LogP contribution in [0.5, 0.6) is 5.75 Å². The van der Waals surface area contributed by atoms with Crippen LogP contribution in [-0.2, 0) is 0 Å². The molecule has 3 aromatic rings. The van der Waals surface area contributed by atoms with Gasteiger partial charge in [0.2, 0.25) is 0 Å². The number of nitrogens with one attached hydrogen (secondary N) is 1. The second-order valence-electron chi connectivity index (χ2n) is 7.13. The lowest BCUT2D eigenvalue weighted by atomic mass is 9.89. The van der Waals surface area contributed by atoms with Crippen molar-refractivity contribution >= 4 is 28.6 Å². The number of nitrogens with zero attached hydrogens (tertiary/aromatic N) is 2. The van der Waals surface area contributed by atoms with Crippen molar-refractivity contribution in [1.29, 1.82) is 0 Å². The molecule has 0 spiro atoms. The number of benzene rings is 1. The number of fused-ring (bicyclic) bond motifs is 1. The van der Waals surface area contributed by atoms with Crippen LogP contribution in [0.15, 0.2) is 47.8 Å². The van der Waals surface area contributed by atoms with Crippen LogP contribution in [0.1, 0.15) is 34.7 Å². The number of rotatable bonds is 4. The summed E-state index contributed by atoms with van der Waals surface area (Å²) in [4.78, 5) is 21.5. The van der Waals surface area contributed by atoms with E-state index in [0.29, 0.717) is 13.1 Å². The van der Waals surface area contributed by atoms with E-state index in [1.165, 1.54) is 23.9 Å². The standard InChI is InChI=1S/C21H20F3N3O2S/c1-29-14-4-5-18-16(11-14)17(12-26-18)13-6-9-27(10-7-13)20(28)15-3-2-8-25-19(15)30-21(22,23)24/h2-5,8,11-13,26H,6-7,9-10H2,1H3. The minimum Gasteiger partial charge on any atom is -0.497 e. The van der Waals surface area contributed by atoms with Gasteiger partial charge in [0, 0.05) is 48.1 Å². The van der Waals surface area contributed by atoms with Crippen molar-refractivity contribution in [2.24, 2.45) is 0 Å². The number of hydrogen-bond donors (Lipinski definition) is 1. The maximum atomic E-state index is 12.9. The number of pyridine rings is 1. The Morgan fingerprint density at radius 2 is 2.03 bits per heavy atom. The van der Waals surface area contributed by atoms with Crippen molar-refractivity contribution < 1.29 is 22.7 Å². The molecule has 1 amide bonds. The molecule has 0 bridgehead atoms. The predicted molar refractivity (Wildman–Crippen MR) is 109 cm³/mol. The van der Waals surface area contributed by atoms with Crippen molar-refractivity contribution in [1.82, 2.24) is 14.9 Å². The zero-order valence-electron chi connectivity index (χ0n) is 16.2. The Labute approximate surface area is 175 Å². The third-order valence-corrected chi connectivity index (χ3v) is 6.11. The number of hydrogen-bond acceptors (Lipinski definition) is 4. The number of carbonyl (C=O) groups is 1. The summed E-state index contributed by atoms with van der Waals surface area (Å²) >= 11 is -0.351. The summed E-state index contributed by atoms with van der Waals surface area (Å²) in [6.45, 7) is 0.955. The first-order valence-electron chi connectivity index (χ1n) is 9.51. The van der Waals surface area contributed by atoms with Gasteiger partial charge < -0.3 is 14.6 Å². The Balaban J connectivity index is 1.49. The van der Waals surface area contributed by atoms with Crippen LogP contribution in [0.3, 0.4) is 0 Å². The number of halogens is 3. The van der Waals surface area contributed by atoms with E-state index in [1.54, 1.807) is 12.0 Å². The van der Waals surface area contributed by atoms with Gasteiger partial charge in [0.05, 0.1) is 12.7 Å². The summed E-state index contributed by atoms with van der Waals surface area (Å²) in [6.07, 6.45) is 4.73. The molecule has 0 atom stereocenters. The molecule has 1 aliphatic heterocycles. The van der Waals surface area contributed by atoms with Gasteiger partial charge >= 0.3 is 5.51 Å². The van der Waals surface area contributed by atoms with Crippen molar-refractivity contribution in [2.75, 3.05) is 20.2 Å². The van der Waals surface area contributed by atoms with Gasteiger partial charge in [0.1, 0.15) is 10.8 Å². The number of likely N-dealkylation sites (tertiary alicyclic amines) is 1. The molecule has 9 heteroatoms. The van der Waals surface area contributed by atoms with Gasteiger partial charge in [-0.25, -0.2) is 4.98 Å². The van der Waals surface area contributed by atoms with E-state index in [4.69, 9.17) is 4.74 Å². The van der Waals surface area contributed by atoms with Gasteiger partial charge in [-0.3, -0.25) is 4.79 Å². The molecule has 1 aromatic carbocycles. The first-order chi connectivity index (χ1) is 14.4. The molecule has 0 radical (unpaired) electrons. The van der Waals surface area contributed by atoms with E-state index in [0.717, 1.165) is 29.5 Å². The van der Waals surface area contributed by atoms with E-state index >= 15 is 0 Å².